The number of allylic oxidation sites excluding steroid dienone is 3. The van der Waals surface area contributed by atoms with Gasteiger partial charge in [0.15, 0.2) is 8.07 Å². The largest absolute Gasteiger partial charge is 0.310 e. The maximum atomic E-state index is 4.09. The van der Waals surface area contributed by atoms with Gasteiger partial charge < -0.3 is 18.3 Å². The molecule has 0 bridgehead atoms. The van der Waals surface area contributed by atoms with Crippen molar-refractivity contribution in [2.75, 3.05) is 0 Å². The highest BCUT2D eigenvalue weighted by Gasteiger charge is 2.43. The molecule has 0 aliphatic carbocycles. The van der Waals surface area contributed by atoms with E-state index in [4.69, 9.17) is 0 Å². The van der Waals surface area contributed by atoms with E-state index in [9.17, 15) is 0 Å². The quantitative estimate of drug-likeness (QED) is 0.0563. The Morgan fingerprint density at radius 3 is 0.966 bits per heavy atom. The van der Waals surface area contributed by atoms with Crippen LogP contribution in [0.5, 0.6) is 0 Å². The normalized spacial score (nSPS) is 13.1. The Balaban J connectivity index is 1.05. The van der Waals surface area contributed by atoms with Crippen LogP contribution in [0.4, 0.5) is 0 Å². The molecule has 18 rings (SSSR count). The molecule has 0 spiro atoms. The summed E-state index contributed by atoms with van der Waals surface area (Å²) in [6.45, 7) is 8.54. The third-order valence-electron chi connectivity index (χ3n) is 19.2. The molecule has 0 unspecified atom stereocenters. The molecular weight excluding hydrogens is 1070 g/mol. The molecule has 4 nitrogen and oxygen atoms in total. The lowest BCUT2D eigenvalue weighted by atomic mass is 10.0. The van der Waals surface area contributed by atoms with Gasteiger partial charge in [0.2, 0.25) is 0 Å². The summed E-state index contributed by atoms with van der Waals surface area (Å²) in [6, 6.07) is 99.8. The second-order valence-electron chi connectivity index (χ2n) is 23.6. The summed E-state index contributed by atoms with van der Waals surface area (Å²) in [7, 11) is -3.59. The van der Waals surface area contributed by atoms with Crippen LogP contribution in [0.3, 0.4) is 0 Å². The predicted molar refractivity (Wildman–Crippen MR) is 374 cm³/mol. The van der Waals surface area contributed by atoms with Gasteiger partial charge in [-0.15, -0.1) is 0 Å². The first-order valence-electron chi connectivity index (χ1n) is 30.2. The van der Waals surface area contributed by atoms with E-state index in [-0.39, 0.29) is 0 Å². The molecule has 0 fully saturated rings. The minimum Gasteiger partial charge on any atom is -0.310 e. The first-order valence-corrected chi connectivity index (χ1v) is 32.2. The minimum absolute atomic E-state index is 1.09. The van der Waals surface area contributed by atoms with E-state index in [0.29, 0.717) is 0 Å². The summed E-state index contributed by atoms with van der Waals surface area (Å²) < 4.78 is 10.2. The lowest BCUT2D eigenvalue weighted by Crippen LogP contribution is -2.75. The maximum Gasteiger partial charge on any atom is 0.179 e. The minimum atomic E-state index is -3.59. The zero-order valence-corrected chi connectivity index (χ0v) is 49.2. The van der Waals surface area contributed by atoms with Gasteiger partial charge in [0.25, 0.3) is 0 Å². The molecule has 5 heteroatoms. The number of hydrogen-bond donors (Lipinski definition) is 0. The molecule has 0 saturated heterocycles. The van der Waals surface area contributed by atoms with Crippen LogP contribution >= 0.6 is 0 Å². The zero-order valence-electron chi connectivity index (χ0n) is 48.2. The van der Waals surface area contributed by atoms with Crippen LogP contribution in [0.1, 0.15) is 12.5 Å². The molecule has 0 aliphatic rings. The first kappa shape index (κ1) is 49.4. The second-order valence-corrected chi connectivity index (χ2v) is 27.4. The highest BCUT2D eigenvalue weighted by atomic mass is 28.3. The van der Waals surface area contributed by atoms with Crippen molar-refractivity contribution in [2.45, 2.75) is 13.8 Å². The number of nitrogens with zero attached hydrogens (tertiary/aromatic N) is 4. The number of benzene rings is 14. The summed E-state index contributed by atoms with van der Waals surface area (Å²) in [5, 5.41) is 23.9. The van der Waals surface area contributed by atoms with Gasteiger partial charge in [-0.05, 0) is 163 Å². The third kappa shape index (κ3) is 6.89. The Morgan fingerprint density at radius 1 is 0.310 bits per heavy atom. The molecule has 18 aromatic rings. The fourth-order valence-corrected chi connectivity index (χ4v) is 20.6. The summed E-state index contributed by atoms with van der Waals surface area (Å²) in [4.78, 5) is 0. The zero-order chi connectivity index (χ0) is 57.6. The van der Waals surface area contributed by atoms with Gasteiger partial charge in [0, 0.05) is 65.8 Å². The van der Waals surface area contributed by atoms with Crippen molar-refractivity contribution in [1.82, 2.24) is 18.3 Å². The molecule has 87 heavy (non-hydrogen) atoms. The fourth-order valence-electron chi connectivity index (χ4n) is 15.7. The van der Waals surface area contributed by atoms with Gasteiger partial charge in [-0.25, -0.2) is 0 Å². The fraction of sp³-hybridized carbons (Fsp3) is 0.0244. The van der Waals surface area contributed by atoms with E-state index < -0.39 is 8.07 Å². The van der Waals surface area contributed by atoms with Crippen molar-refractivity contribution in [1.29, 1.82) is 0 Å². The molecule has 0 N–H and O–H groups in total. The molecule has 0 saturated carbocycles. The molecule has 14 aromatic carbocycles. The van der Waals surface area contributed by atoms with Crippen molar-refractivity contribution in [2.24, 2.45) is 0 Å². The molecule has 0 atom stereocenters. The van der Waals surface area contributed by atoms with Crippen LogP contribution in [0.15, 0.2) is 286 Å². The van der Waals surface area contributed by atoms with Gasteiger partial charge in [-0.2, -0.15) is 0 Å². The number of aromatic nitrogens is 4. The standard InChI is InChI=1S/C82H56N4Si/c1-4-6-9-32-68-52(3)76-53(5-2)21-14-33-69(76)83(68)60-46-61(84-70-34-15-22-54-40-41-55-23-16-35-71(84)78(55)77(54)70)49-66(48-60)87(64-28-10-7-11-29-64,65-30-12-8-13-31-65)67-50-62(85-72-36-17-24-56-42-43-57-25-18-37-73(85)80(57)79(56)72)47-63(51-67)86-74-38-19-26-58-44-45-59-27-20-39-75(86)82(59)81(58)74/h4-51H,1H2,2-3H3/b9-6-,53-5-,68-32+. The average Bonchev–Trinajstić information content (AvgIpc) is 1.74. The smallest absolute Gasteiger partial charge is 0.179 e. The van der Waals surface area contributed by atoms with Gasteiger partial charge in [0.05, 0.1) is 38.6 Å². The molecule has 4 heterocycles. The molecule has 0 radical (unpaired) electrons. The number of hydrogen-bond acceptors (Lipinski definition) is 0. The van der Waals surface area contributed by atoms with E-state index >= 15 is 0 Å². The Labute approximate surface area is 503 Å². The second kappa shape index (κ2) is 18.8. The maximum absolute atomic E-state index is 4.09. The topological polar surface area (TPSA) is 19.7 Å². The van der Waals surface area contributed by atoms with Gasteiger partial charge in [-0.1, -0.05) is 213 Å². The van der Waals surface area contributed by atoms with Crippen LogP contribution < -0.4 is 31.3 Å². The number of rotatable bonds is 10. The molecule has 4 aromatic heterocycles. The highest BCUT2D eigenvalue weighted by Crippen LogP contribution is 2.43. The van der Waals surface area contributed by atoms with E-state index in [1.165, 1.54) is 135 Å². The van der Waals surface area contributed by atoms with Crippen molar-refractivity contribution in [3.05, 3.63) is 302 Å². The average molecular weight is 1130 g/mol. The monoisotopic (exact) mass is 1120 g/mol. The lowest BCUT2D eigenvalue weighted by Gasteiger charge is -2.36. The number of aryl methyl sites for hydroxylation is 1. The van der Waals surface area contributed by atoms with Crippen LogP contribution in [-0.2, 0) is 0 Å². The molecular formula is C82H56N4Si. The third-order valence-corrected chi connectivity index (χ3v) is 23.9. The van der Waals surface area contributed by atoms with E-state index in [1.54, 1.807) is 0 Å². The van der Waals surface area contributed by atoms with E-state index in [2.05, 4.69) is 318 Å². The van der Waals surface area contributed by atoms with Crippen molar-refractivity contribution in [3.8, 4) is 22.7 Å². The lowest BCUT2D eigenvalue weighted by molar-refractivity contribution is 1.06. The van der Waals surface area contributed by atoms with E-state index in [1.807, 2.05) is 12.2 Å². The van der Waals surface area contributed by atoms with Crippen molar-refractivity contribution in [3.63, 3.8) is 0 Å². The Bertz CT molecular complexity index is 5580. The molecule has 0 amide bonds. The van der Waals surface area contributed by atoms with Crippen LogP contribution in [0.25, 0.3) is 144 Å². The summed E-state index contributed by atoms with van der Waals surface area (Å²) >= 11 is 0. The molecule has 0 aliphatic heterocycles. The van der Waals surface area contributed by atoms with Crippen molar-refractivity contribution < 1.29 is 0 Å². The van der Waals surface area contributed by atoms with Gasteiger partial charge in [0.1, 0.15) is 0 Å². The SMILES string of the molecule is C=C/C=C\C=c1/c(C)c2/c(=C\C)cccc2n1-c1cc(-n2c3cccc4ccc5cccc2c5c43)cc([Si](c2ccccc2)(c2ccccc2)c2cc(-n3c4cccc5ccc6cccc3c6c54)cc(-n3c4cccc5ccc6cccc3c6c54)c2)c1. The molecule has 408 valence electrons. The van der Waals surface area contributed by atoms with Gasteiger partial charge >= 0.3 is 0 Å². The van der Waals surface area contributed by atoms with Crippen molar-refractivity contribution >= 4 is 150 Å². The van der Waals surface area contributed by atoms with Gasteiger partial charge in [-0.3, -0.25) is 0 Å². The van der Waals surface area contributed by atoms with E-state index in [0.717, 1.165) is 33.6 Å². The Kier molecular flexibility index (Phi) is 10.7. The first-order chi connectivity index (χ1) is 43.0. The van der Waals surface area contributed by atoms with Crippen LogP contribution in [-0.4, -0.2) is 26.3 Å². The Morgan fingerprint density at radius 2 is 0.632 bits per heavy atom. The highest BCUT2D eigenvalue weighted by molar-refractivity contribution is 7.20. The predicted octanol–water partition coefficient (Wildman–Crippen LogP) is 16.7. The van der Waals surface area contributed by atoms with Crippen LogP contribution in [0, 0.1) is 6.92 Å². The summed E-state index contributed by atoms with van der Waals surface area (Å²) in [5.74, 6) is 0. The summed E-state index contributed by atoms with van der Waals surface area (Å²) in [5.41, 5.74) is 13.9. The Hall–Kier alpha value is -11.0. The number of fused-ring (bicyclic) bond motifs is 1. The summed E-state index contributed by atoms with van der Waals surface area (Å²) in [6.07, 6.45) is 10.6. The van der Waals surface area contributed by atoms with Crippen LogP contribution in [0.2, 0.25) is 0 Å².